The van der Waals surface area contributed by atoms with Gasteiger partial charge in [-0.25, -0.2) is 4.39 Å². The summed E-state index contributed by atoms with van der Waals surface area (Å²) in [7, 11) is 1.45. The average Bonchev–Trinajstić information content (AvgIpc) is 2.33. The summed E-state index contributed by atoms with van der Waals surface area (Å²) in [5, 5.41) is -0.00987. The maximum absolute atomic E-state index is 13.6. The third-order valence-electron chi connectivity index (χ3n) is 2.89. The molecule has 0 N–H and O–H groups in total. The molecule has 1 heterocycles. The van der Waals surface area contributed by atoms with Crippen LogP contribution in [-0.2, 0) is 4.79 Å². The van der Waals surface area contributed by atoms with E-state index in [1.54, 1.807) is 6.07 Å². The van der Waals surface area contributed by atoms with Crippen LogP contribution in [0.4, 0.5) is 10.1 Å². The lowest BCUT2D eigenvalue weighted by molar-refractivity contribution is -0.119. The minimum atomic E-state index is -0.502. The highest BCUT2D eigenvalue weighted by Crippen LogP contribution is 2.33. The zero-order valence-corrected chi connectivity index (χ0v) is 10.3. The number of ether oxygens (including phenoxy) is 1. The van der Waals surface area contributed by atoms with Gasteiger partial charge in [-0.2, -0.15) is 0 Å². The first kappa shape index (κ1) is 12.2. The summed E-state index contributed by atoms with van der Waals surface area (Å²) >= 11 is 5.75. The lowest BCUT2D eigenvalue weighted by Crippen LogP contribution is -2.33. The van der Waals surface area contributed by atoms with Gasteiger partial charge in [0.15, 0.2) is 0 Å². The first-order chi connectivity index (χ1) is 8.11. The highest BCUT2D eigenvalue weighted by atomic mass is 35.5. The Morgan fingerprint density at radius 3 is 2.59 bits per heavy atom. The minimum Gasteiger partial charge on any atom is -0.495 e. The molecule has 0 amide bonds. The summed E-state index contributed by atoms with van der Waals surface area (Å²) in [6.45, 7) is 1.23. The van der Waals surface area contributed by atoms with Crippen molar-refractivity contribution in [2.45, 2.75) is 12.8 Å². The van der Waals surface area contributed by atoms with E-state index < -0.39 is 5.82 Å². The van der Waals surface area contributed by atoms with E-state index in [-0.39, 0.29) is 10.8 Å². The Morgan fingerprint density at radius 1 is 1.35 bits per heavy atom. The number of rotatable bonds is 2. The van der Waals surface area contributed by atoms with Crippen molar-refractivity contribution in [2.24, 2.45) is 0 Å². The molecule has 1 aliphatic heterocycles. The van der Waals surface area contributed by atoms with Crippen molar-refractivity contribution in [2.75, 3.05) is 25.1 Å². The molecule has 0 bridgehead atoms. The number of ketones is 1. The lowest BCUT2D eigenvalue weighted by Gasteiger charge is -2.28. The number of hydrogen-bond acceptors (Lipinski definition) is 3. The fourth-order valence-corrected chi connectivity index (χ4v) is 2.08. The van der Waals surface area contributed by atoms with Crippen LogP contribution in [0.3, 0.4) is 0 Å². The quantitative estimate of drug-likeness (QED) is 0.816. The molecule has 2 rings (SSSR count). The number of hydrogen-bond donors (Lipinski definition) is 0. The number of carbonyl (C=O) groups is 1. The van der Waals surface area contributed by atoms with Crippen LogP contribution < -0.4 is 9.64 Å². The van der Waals surface area contributed by atoms with Gasteiger partial charge in [-0.3, -0.25) is 4.79 Å². The second-order valence-electron chi connectivity index (χ2n) is 3.97. The molecule has 3 nitrogen and oxygen atoms in total. The van der Waals surface area contributed by atoms with Crippen LogP contribution in [0.5, 0.6) is 5.75 Å². The molecule has 0 aromatic heterocycles. The van der Waals surface area contributed by atoms with Crippen molar-refractivity contribution in [3.05, 3.63) is 23.0 Å². The van der Waals surface area contributed by atoms with Gasteiger partial charge >= 0.3 is 0 Å². The van der Waals surface area contributed by atoms with E-state index in [4.69, 9.17) is 16.3 Å². The van der Waals surface area contributed by atoms with Crippen molar-refractivity contribution < 1.29 is 13.9 Å². The summed E-state index contributed by atoms with van der Waals surface area (Å²) in [6, 6.07) is 3.07. The first-order valence-electron chi connectivity index (χ1n) is 5.41. The average molecular weight is 258 g/mol. The molecule has 1 saturated heterocycles. The largest absolute Gasteiger partial charge is 0.495 e. The van der Waals surface area contributed by atoms with Crippen molar-refractivity contribution in [3.8, 4) is 5.75 Å². The Kier molecular flexibility index (Phi) is 3.52. The third kappa shape index (κ3) is 2.52. The molecule has 1 aromatic carbocycles. The summed E-state index contributed by atoms with van der Waals surface area (Å²) in [6.07, 6.45) is 1.01. The van der Waals surface area contributed by atoms with Crippen LogP contribution in [0.25, 0.3) is 0 Å². The van der Waals surface area contributed by atoms with Gasteiger partial charge in [-0.05, 0) is 6.07 Å². The fourth-order valence-electron chi connectivity index (χ4n) is 1.90. The number of benzene rings is 1. The Morgan fingerprint density at radius 2 is 2.00 bits per heavy atom. The Balaban J connectivity index is 2.26. The van der Waals surface area contributed by atoms with Crippen molar-refractivity contribution in [3.63, 3.8) is 0 Å². The van der Waals surface area contributed by atoms with Crippen LogP contribution in [0.15, 0.2) is 12.1 Å². The van der Waals surface area contributed by atoms with Crippen LogP contribution in [-0.4, -0.2) is 26.0 Å². The zero-order valence-electron chi connectivity index (χ0n) is 9.50. The van der Waals surface area contributed by atoms with Gasteiger partial charge in [-0.1, -0.05) is 11.6 Å². The first-order valence-corrected chi connectivity index (χ1v) is 5.79. The number of Topliss-reactive ketones (excluding diaryl/α,β-unsaturated/α-hetero) is 1. The Labute approximate surface area is 104 Å². The Hall–Kier alpha value is -1.29. The summed E-state index contributed by atoms with van der Waals surface area (Å²) < 4.78 is 18.6. The second kappa shape index (κ2) is 4.92. The van der Waals surface area contributed by atoms with Gasteiger partial charge in [0.2, 0.25) is 0 Å². The maximum atomic E-state index is 13.6. The lowest BCUT2D eigenvalue weighted by atomic mass is 10.1. The molecule has 1 aromatic rings. The molecule has 0 unspecified atom stereocenters. The van der Waals surface area contributed by atoms with E-state index in [0.29, 0.717) is 37.4 Å². The monoisotopic (exact) mass is 257 g/mol. The number of nitrogens with zero attached hydrogens (tertiary/aromatic N) is 1. The van der Waals surface area contributed by atoms with Crippen LogP contribution in [0.1, 0.15) is 12.8 Å². The third-order valence-corrected chi connectivity index (χ3v) is 3.25. The number of methoxy groups -OCH3 is 1. The van der Waals surface area contributed by atoms with E-state index in [2.05, 4.69) is 0 Å². The van der Waals surface area contributed by atoms with Gasteiger partial charge in [0.25, 0.3) is 0 Å². The molecule has 0 aliphatic carbocycles. The highest BCUT2D eigenvalue weighted by Gasteiger charge is 2.19. The second-order valence-corrected chi connectivity index (χ2v) is 4.35. The van der Waals surface area contributed by atoms with E-state index >= 15 is 0 Å². The van der Waals surface area contributed by atoms with Gasteiger partial charge in [-0.15, -0.1) is 0 Å². The Bertz CT molecular complexity index is 440. The van der Waals surface area contributed by atoms with E-state index in [1.165, 1.54) is 13.2 Å². The van der Waals surface area contributed by atoms with Crippen molar-refractivity contribution in [1.82, 2.24) is 0 Å². The topological polar surface area (TPSA) is 29.5 Å². The molecule has 0 saturated carbocycles. The highest BCUT2D eigenvalue weighted by molar-refractivity contribution is 6.32. The molecular formula is C12H13ClFNO2. The predicted octanol–water partition coefficient (Wildman–Crippen LogP) is 2.66. The maximum Gasteiger partial charge on any atom is 0.147 e. The summed E-state index contributed by atoms with van der Waals surface area (Å²) in [5.41, 5.74) is 0.705. The summed E-state index contributed by atoms with van der Waals surface area (Å²) in [4.78, 5) is 13.1. The van der Waals surface area contributed by atoms with Crippen molar-refractivity contribution >= 4 is 23.1 Å². The molecule has 5 heteroatoms. The fraction of sp³-hybridized carbons (Fsp3) is 0.417. The van der Waals surface area contributed by atoms with Crippen molar-refractivity contribution in [1.29, 1.82) is 0 Å². The van der Waals surface area contributed by atoms with Crippen LogP contribution >= 0.6 is 11.6 Å². The smallest absolute Gasteiger partial charge is 0.147 e. The van der Waals surface area contributed by atoms with Gasteiger partial charge in [0.05, 0.1) is 7.11 Å². The molecular weight excluding hydrogens is 245 g/mol. The summed E-state index contributed by atoms with van der Waals surface area (Å²) in [5.74, 6) is 0.0686. The van der Waals surface area contributed by atoms with E-state index in [9.17, 15) is 9.18 Å². The molecule has 1 aliphatic rings. The SMILES string of the molecule is COc1cc(N2CCC(=O)CC2)cc(F)c1Cl. The minimum absolute atomic E-state index is 0.00987. The number of halogens is 2. The normalized spacial score (nSPS) is 16.2. The molecule has 92 valence electrons. The standard InChI is InChI=1S/C12H13ClFNO2/c1-17-11-7-8(6-10(14)12(11)13)15-4-2-9(16)3-5-15/h6-7H,2-5H2,1H3. The van der Waals surface area contributed by atoms with E-state index in [0.717, 1.165) is 0 Å². The number of carbonyl (C=O) groups excluding carboxylic acids is 1. The molecule has 0 spiro atoms. The molecule has 0 atom stereocenters. The number of anilines is 1. The predicted molar refractivity (Wildman–Crippen MR) is 64.4 cm³/mol. The molecule has 1 fully saturated rings. The number of piperidine rings is 1. The van der Waals surface area contributed by atoms with E-state index in [1.807, 2.05) is 4.90 Å². The van der Waals surface area contributed by atoms with Gasteiger partial charge in [0, 0.05) is 37.7 Å². The molecule has 17 heavy (non-hydrogen) atoms. The van der Waals surface area contributed by atoms with Gasteiger partial charge in [0.1, 0.15) is 22.4 Å². The van der Waals surface area contributed by atoms with Crippen LogP contribution in [0, 0.1) is 5.82 Å². The van der Waals surface area contributed by atoms with Crippen LogP contribution in [0.2, 0.25) is 5.02 Å². The molecule has 0 radical (unpaired) electrons. The zero-order chi connectivity index (χ0) is 12.4. The van der Waals surface area contributed by atoms with Gasteiger partial charge < -0.3 is 9.64 Å².